The second kappa shape index (κ2) is 14.0. The van der Waals surface area contributed by atoms with E-state index in [0.29, 0.717) is 59.5 Å². The highest BCUT2D eigenvalue weighted by Gasteiger charge is 2.70. The molecule has 5 heterocycles. The fourth-order valence-corrected chi connectivity index (χ4v) is 14.8. The van der Waals surface area contributed by atoms with Gasteiger partial charge in [-0.2, -0.15) is 0 Å². The third kappa shape index (κ3) is 5.89. The van der Waals surface area contributed by atoms with E-state index in [2.05, 4.69) is 39.6 Å². The fourth-order valence-electron chi connectivity index (χ4n) is 14.8. The number of hydrogen-bond acceptors (Lipinski definition) is 9. The van der Waals surface area contributed by atoms with Gasteiger partial charge in [0.05, 0.1) is 24.4 Å². The van der Waals surface area contributed by atoms with E-state index in [1.54, 1.807) is 24.5 Å². The summed E-state index contributed by atoms with van der Waals surface area (Å²) in [6, 6.07) is 3.51. The molecule has 9 nitrogen and oxygen atoms in total. The second-order valence-electron chi connectivity index (χ2n) is 20.3. The van der Waals surface area contributed by atoms with E-state index < -0.39 is 17.7 Å². The molecule has 1 aromatic heterocycles. The molecule has 4 aliphatic heterocycles. The number of ether oxygens (including phenoxy) is 4. The first-order valence-electron chi connectivity index (χ1n) is 22.0. The molecule has 4 saturated heterocycles. The van der Waals surface area contributed by atoms with Crippen molar-refractivity contribution in [3.63, 3.8) is 0 Å². The number of aromatic nitrogens is 1. The van der Waals surface area contributed by atoms with Crippen molar-refractivity contribution in [1.82, 2.24) is 4.98 Å². The van der Waals surface area contributed by atoms with E-state index in [-0.39, 0.29) is 47.1 Å². The Bertz CT molecular complexity index is 1530. The first-order chi connectivity index (χ1) is 25.9. The maximum Gasteiger partial charge on any atom is 0.339 e. The number of carbonyl (C=O) groups is 1. The number of fused-ring (bicyclic) bond motifs is 7. The fraction of sp³-hybridized carbons (Fsp3) is 0.867. The number of hydrogen-bond donors (Lipinski definition) is 1. The van der Waals surface area contributed by atoms with E-state index in [1.807, 2.05) is 6.92 Å². The Kier molecular flexibility index (Phi) is 9.86. The molecule has 0 amide bonds. The first kappa shape index (κ1) is 37.9. The van der Waals surface area contributed by atoms with Gasteiger partial charge in [-0.1, -0.05) is 34.6 Å². The normalized spacial score (nSPS) is 51.2. The van der Waals surface area contributed by atoms with Gasteiger partial charge in [-0.05, 0) is 161 Å². The lowest BCUT2D eigenvalue weighted by Gasteiger charge is -2.63. The smallest absolute Gasteiger partial charge is 0.339 e. The molecule has 300 valence electrons. The molecular formula is C45H67NO8. The van der Waals surface area contributed by atoms with Crippen molar-refractivity contribution in [2.45, 2.75) is 168 Å². The van der Waals surface area contributed by atoms with Crippen LogP contribution in [0.15, 0.2) is 24.5 Å². The molecule has 18 atom stereocenters. The minimum Gasteiger partial charge on any atom is -0.462 e. The molecule has 1 N–H and O–H groups in total. The molecular weight excluding hydrogens is 682 g/mol. The van der Waals surface area contributed by atoms with Crippen LogP contribution in [0.5, 0.6) is 0 Å². The van der Waals surface area contributed by atoms with Crippen LogP contribution in [0.2, 0.25) is 0 Å². The summed E-state index contributed by atoms with van der Waals surface area (Å²) in [5, 5.41) is 12.2. The molecule has 10 rings (SSSR count). The van der Waals surface area contributed by atoms with Crippen LogP contribution in [0, 0.1) is 70.0 Å². The highest BCUT2D eigenvalue weighted by Crippen LogP contribution is 2.69. The van der Waals surface area contributed by atoms with Crippen LogP contribution in [-0.2, 0) is 28.7 Å². The maximum atomic E-state index is 12.4. The van der Waals surface area contributed by atoms with Crippen LogP contribution in [0.3, 0.4) is 0 Å². The Morgan fingerprint density at radius 1 is 0.963 bits per heavy atom. The van der Waals surface area contributed by atoms with Gasteiger partial charge in [0.1, 0.15) is 0 Å². The van der Waals surface area contributed by atoms with Crippen molar-refractivity contribution in [2.24, 2.45) is 70.0 Å². The number of aliphatic hydroxyl groups is 1. The zero-order chi connectivity index (χ0) is 37.6. The lowest BCUT2D eigenvalue weighted by atomic mass is 9.43. The van der Waals surface area contributed by atoms with Gasteiger partial charge < -0.3 is 24.1 Å². The topological polar surface area (TPSA) is 106 Å². The average Bonchev–Trinajstić information content (AvgIpc) is 3.37. The molecule has 2 bridgehead atoms. The Balaban J connectivity index is 0.827. The highest BCUT2D eigenvalue weighted by atomic mass is 17.3. The van der Waals surface area contributed by atoms with Gasteiger partial charge in [0, 0.05) is 30.7 Å². The zero-order valence-corrected chi connectivity index (χ0v) is 33.8. The number of nitrogens with zero attached hydrogens (tertiary/aromatic N) is 1. The third-order valence-electron chi connectivity index (χ3n) is 17.8. The molecule has 54 heavy (non-hydrogen) atoms. The Hall–Kier alpha value is -1.62. The molecule has 0 radical (unpaired) electrons. The number of esters is 1. The van der Waals surface area contributed by atoms with Crippen LogP contribution in [0.4, 0.5) is 0 Å². The molecule has 9 aliphatic rings. The number of pyridine rings is 1. The summed E-state index contributed by atoms with van der Waals surface area (Å²) in [7, 11) is 0. The van der Waals surface area contributed by atoms with Crippen LogP contribution >= 0.6 is 0 Å². The number of rotatable bonds is 8. The van der Waals surface area contributed by atoms with Crippen molar-refractivity contribution < 1.29 is 38.6 Å². The molecule has 0 aromatic carbocycles. The highest BCUT2D eigenvalue weighted by molar-refractivity contribution is 5.88. The van der Waals surface area contributed by atoms with Gasteiger partial charge in [-0.25, -0.2) is 14.6 Å². The summed E-state index contributed by atoms with van der Waals surface area (Å²) in [4.78, 5) is 28.9. The third-order valence-corrected chi connectivity index (χ3v) is 17.8. The van der Waals surface area contributed by atoms with Gasteiger partial charge in [-0.3, -0.25) is 4.98 Å². The Labute approximate surface area is 323 Å². The summed E-state index contributed by atoms with van der Waals surface area (Å²) >= 11 is 0. The SMILES string of the molecule is C[C@H]1[C@@H](O[C@@H]2CC[C@@]3(C)[C@H](CC[C@@H]4[C@@H]3C[C@H](O)[C@]3(C)[C@@H]([C@H](C)CCCOC(=O)c5cccnc5)CC[C@@H]43)C2)O[C@@H]2O[C@]3(C)CC[C@H]4[C@H](C)CC[C@@H]1[C@@]24OO3. The minimum atomic E-state index is -0.774. The van der Waals surface area contributed by atoms with Gasteiger partial charge >= 0.3 is 5.97 Å². The van der Waals surface area contributed by atoms with E-state index in [9.17, 15) is 9.90 Å². The maximum absolute atomic E-state index is 12.4. The lowest BCUT2D eigenvalue weighted by Crippen LogP contribution is -2.70. The summed E-state index contributed by atoms with van der Waals surface area (Å²) < 4.78 is 26.1. The summed E-state index contributed by atoms with van der Waals surface area (Å²) in [5.74, 6) is 3.69. The molecule has 9 heteroatoms. The predicted molar refractivity (Wildman–Crippen MR) is 201 cm³/mol. The largest absolute Gasteiger partial charge is 0.462 e. The molecule has 9 fully saturated rings. The molecule has 0 unspecified atom stereocenters. The zero-order valence-electron chi connectivity index (χ0n) is 33.8. The Morgan fingerprint density at radius 2 is 1.80 bits per heavy atom. The van der Waals surface area contributed by atoms with Crippen LogP contribution in [0.1, 0.15) is 142 Å². The van der Waals surface area contributed by atoms with Crippen molar-refractivity contribution in [1.29, 1.82) is 0 Å². The summed E-state index contributed by atoms with van der Waals surface area (Å²) in [5.41, 5.74) is 0.120. The standard InChI is InChI=1S/C45H67NO8/c1-26(9-8-22-49-39(48)29-10-7-21-46-25-29)33-15-16-36-32-13-12-30-23-31(17-19-42(30,4)37(32)24-38(47)44(33,36)6)50-40-28(3)35-14-11-27(2)34-18-20-43(5)52-41(51-40)45(34,35)54-53-43/h7,10,21,25-28,30-38,40-41,47H,8-9,11-20,22-24H2,1-6H3/t26-,27-,28-,30-,31-,32+,33-,34+,35+,36+,37+,38+,40+,41-,42+,43+,44-,45-/m1/s1. The van der Waals surface area contributed by atoms with Gasteiger partial charge in [0.2, 0.25) is 5.79 Å². The van der Waals surface area contributed by atoms with Crippen molar-refractivity contribution in [2.75, 3.05) is 6.61 Å². The monoisotopic (exact) mass is 749 g/mol. The van der Waals surface area contributed by atoms with Crippen molar-refractivity contribution in [3.8, 4) is 0 Å². The number of aliphatic hydroxyl groups excluding tert-OH is 1. The molecule has 5 saturated carbocycles. The van der Waals surface area contributed by atoms with E-state index >= 15 is 0 Å². The lowest BCUT2D eigenvalue weighted by molar-refractivity contribution is -0.578. The molecule has 5 aliphatic carbocycles. The van der Waals surface area contributed by atoms with Gasteiger partial charge in [-0.15, -0.1) is 0 Å². The summed E-state index contributed by atoms with van der Waals surface area (Å²) in [6.07, 6.45) is 17.5. The number of carbonyl (C=O) groups excluding carboxylic acids is 1. The van der Waals surface area contributed by atoms with Crippen molar-refractivity contribution in [3.05, 3.63) is 30.1 Å². The van der Waals surface area contributed by atoms with E-state index in [0.717, 1.165) is 57.8 Å². The summed E-state index contributed by atoms with van der Waals surface area (Å²) in [6.45, 7) is 14.5. The minimum absolute atomic E-state index is 0.0520. The van der Waals surface area contributed by atoms with E-state index in [4.69, 9.17) is 28.7 Å². The molecule has 1 spiro atoms. The van der Waals surface area contributed by atoms with Crippen LogP contribution in [-0.4, -0.2) is 58.8 Å². The van der Waals surface area contributed by atoms with Crippen LogP contribution in [0.25, 0.3) is 0 Å². The molecule has 1 aromatic rings. The van der Waals surface area contributed by atoms with Gasteiger partial charge in [0.25, 0.3) is 0 Å². The van der Waals surface area contributed by atoms with Gasteiger partial charge in [0.15, 0.2) is 18.2 Å². The van der Waals surface area contributed by atoms with Crippen molar-refractivity contribution >= 4 is 5.97 Å². The predicted octanol–water partition coefficient (Wildman–Crippen LogP) is 8.88. The average molecular weight is 750 g/mol. The van der Waals surface area contributed by atoms with E-state index in [1.165, 1.54) is 32.1 Å². The quantitative estimate of drug-likeness (QED) is 0.121. The second-order valence-corrected chi connectivity index (χ2v) is 20.3. The van der Waals surface area contributed by atoms with Crippen LogP contribution < -0.4 is 0 Å². The Morgan fingerprint density at radius 3 is 2.61 bits per heavy atom. The first-order valence-corrected chi connectivity index (χ1v) is 22.0.